The van der Waals surface area contributed by atoms with Crippen LogP contribution < -0.4 is 0 Å². The van der Waals surface area contributed by atoms with E-state index in [4.69, 9.17) is 0 Å². The number of halogens is 2. The minimum absolute atomic E-state index is 0.131. The molecule has 0 atom stereocenters. The molecular formula is C38H44F2. The highest BCUT2D eigenvalue weighted by atomic mass is 19.1. The minimum atomic E-state index is -0.134. The molecule has 0 saturated carbocycles. The Balaban J connectivity index is 1.25. The van der Waals surface area contributed by atoms with Crippen LogP contribution in [0.2, 0.25) is 0 Å². The molecule has 40 heavy (non-hydrogen) atoms. The molecule has 0 saturated heterocycles. The molecule has 0 unspecified atom stereocenters. The third kappa shape index (κ3) is 6.54. The number of rotatable bonds is 10. The number of benzene rings is 4. The second-order valence-corrected chi connectivity index (χ2v) is 11.7. The van der Waals surface area contributed by atoms with Gasteiger partial charge in [0.2, 0.25) is 0 Å². The second kappa shape index (κ2) is 12.9. The van der Waals surface area contributed by atoms with E-state index in [1.165, 1.54) is 71.0 Å². The summed E-state index contributed by atoms with van der Waals surface area (Å²) < 4.78 is 27.9. The Labute approximate surface area is 240 Å². The average molecular weight is 539 g/mol. The van der Waals surface area contributed by atoms with Gasteiger partial charge in [0, 0.05) is 0 Å². The quantitative estimate of drug-likeness (QED) is 0.176. The normalized spacial score (nSPS) is 11.3. The molecule has 210 valence electrons. The molecule has 0 amide bonds. The monoisotopic (exact) mass is 538 g/mol. The Bertz CT molecular complexity index is 1490. The lowest BCUT2D eigenvalue weighted by molar-refractivity contribution is 0.613. The van der Waals surface area contributed by atoms with E-state index < -0.39 is 0 Å². The van der Waals surface area contributed by atoms with Crippen molar-refractivity contribution in [3.63, 3.8) is 0 Å². The van der Waals surface area contributed by atoms with Gasteiger partial charge in [0.05, 0.1) is 0 Å². The third-order valence-corrected chi connectivity index (χ3v) is 8.82. The van der Waals surface area contributed by atoms with Crippen molar-refractivity contribution >= 4 is 0 Å². The molecule has 0 radical (unpaired) electrons. The van der Waals surface area contributed by atoms with Crippen LogP contribution in [0.1, 0.15) is 82.2 Å². The summed E-state index contributed by atoms with van der Waals surface area (Å²) in [7, 11) is 0. The van der Waals surface area contributed by atoms with Crippen molar-refractivity contribution in [1.29, 1.82) is 0 Å². The Morgan fingerprint density at radius 1 is 0.425 bits per heavy atom. The molecule has 4 rings (SSSR count). The first kappa shape index (κ1) is 29.7. The van der Waals surface area contributed by atoms with Gasteiger partial charge in [0.1, 0.15) is 11.6 Å². The van der Waals surface area contributed by atoms with Crippen molar-refractivity contribution in [3.8, 4) is 22.3 Å². The predicted octanol–water partition coefficient (Wildman–Crippen LogP) is 11.2. The highest BCUT2D eigenvalue weighted by Crippen LogP contribution is 2.34. The van der Waals surface area contributed by atoms with Gasteiger partial charge in [-0.25, -0.2) is 8.78 Å². The molecule has 0 aromatic heterocycles. The van der Waals surface area contributed by atoms with E-state index in [1.807, 2.05) is 39.8 Å². The molecule has 0 bridgehead atoms. The highest BCUT2D eigenvalue weighted by Gasteiger charge is 2.14. The van der Waals surface area contributed by atoms with Gasteiger partial charge in [0.15, 0.2) is 0 Å². The summed E-state index contributed by atoms with van der Waals surface area (Å²) in [6, 6.07) is 18.4. The van der Waals surface area contributed by atoms with Crippen molar-refractivity contribution in [3.05, 3.63) is 116 Å². The molecule has 2 heteroatoms. The van der Waals surface area contributed by atoms with Crippen molar-refractivity contribution in [2.45, 2.75) is 93.4 Å². The van der Waals surface area contributed by atoms with E-state index in [-0.39, 0.29) is 11.6 Å². The molecule has 4 aromatic rings. The summed E-state index contributed by atoms with van der Waals surface area (Å²) in [5.74, 6) is -0.265. The van der Waals surface area contributed by atoms with Gasteiger partial charge >= 0.3 is 0 Å². The van der Waals surface area contributed by atoms with Gasteiger partial charge in [-0.15, -0.1) is 0 Å². The maximum absolute atomic E-state index is 14.0. The van der Waals surface area contributed by atoms with Gasteiger partial charge in [0.25, 0.3) is 0 Å². The molecule has 0 spiro atoms. The van der Waals surface area contributed by atoms with E-state index in [9.17, 15) is 8.78 Å². The van der Waals surface area contributed by atoms with Crippen molar-refractivity contribution < 1.29 is 8.78 Å². The van der Waals surface area contributed by atoms with E-state index in [0.717, 1.165) is 46.2 Å². The topological polar surface area (TPSA) is 0 Å². The summed E-state index contributed by atoms with van der Waals surface area (Å²) in [5.41, 5.74) is 14.8. The Hall–Kier alpha value is -3.26. The average Bonchev–Trinajstić information content (AvgIpc) is 2.91. The fourth-order valence-corrected chi connectivity index (χ4v) is 6.13. The number of unbranched alkanes of at least 4 members (excludes halogenated alkanes) is 4. The van der Waals surface area contributed by atoms with E-state index in [1.54, 1.807) is 12.1 Å². The smallest absolute Gasteiger partial charge is 0.126 e. The second-order valence-electron chi connectivity index (χ2n) is 11.7. The summed E-state index contributed by atoms with van der Waals surface area (Å²) in [6.45, 7) is 14.3. The van der Waals surface area contributed by atoms with Crippen LogP contribution >= 0.6 is 0 Å². The zero-order valence-electron chi connectivity index (χ0n) is 25.4. The third-order valence-electron chi connectivity index (χ3n) is 8.82. The maximum atomic E-state index is 14.0. The molecule has 0 N–H and O–H groups in total. The van der Waals surface area contributed by atoms with Crippen LogP contribution in [0.4, 0.5) is 8.78 Å². The number of hydrogen-bond donors (Lipinski definition) is 0. The number of aryl methyl sites for hydroxylation is 5. The van der Waals surface area contributed by atoms with Gasteiger partial charge in [-0.05, 0) is 159 Å². The summed E-state index contributed by atoms with van der Waals surface area (Å²) in [4.78, 5) is 0. The minimum Gasteiger partial charge on any atom is -0.207 e. The van der Waals surface area contributed by atoms with Crippen molar-refractivity contribution in [2.75, 3.05) is 0 Å². The fraction of sp³-hybridized carbons (Fsp3) is 0.368. The van der Waals surface area contributed by atoms with Crippen LogP contribution in [0.5, 0.6) is 0 Å². The SMILES string of the molecule is Cc1cc(CCCCCCCc2cc(C)c(-c3ccc(F)c(C)c3C)c(C)c2)ccc1-c1ccc(F)c(C)c1C. The molecule has 0 fully saturated rings. The van der Waals surface area contributed by atoms with Crippen LogP contribution in [0.3, 0.4) is 0 Å². The molecule has 0 aliphatic heterocycles. The zero-order valence-corrected chi connectivity index (χ0v) is 25.4. The van der Waals surface area contributed by atoms with Crippen molar-refractivity contribution in [1.82, 2.24) is 0 Å². The van der Waals surface area contributed by atoms with Crippen LogP contribution in [0.15, 0.2) is 54.6 Å². The van der Waals surface area contributed by atoms with Gasteiger partial charge < -0.3 is 0 Å². The van der Waals surface area contributed by atoms with Gasteiger partial charge in [-0.2, -0.15) is 0 Å². The zero-order chi connectivity index (χ0) is 29.0. The molecule has 0 aliphatic carbocycles. The fourth-order valence-electron chi connectivity index (χ4n) is 6.13. The van der Waals surface area contributed by atoms with E-state index >= 15 is 0 Å². The van der Waals surface area contributed by atoms with Crippen LogP contribution in [-0.4, -0.2) is 0 Å². The lowest BCUT2D eigenvalue weighted by atomic mass is 9.88. The Morgan fingerprint density at radius 3 is 1.45 bits per heavy atom. The molecule has 0 nitrogen and oxygen atoms in total. The Morgan fingerprint density at radius 2 is 0.875 bits per heavy atom. The van der Waals surface area contributed by atoms with Crippen LogP contribution in [0, 0.1) is 60.1 Å². The maximum Gasteiger partial charge on any atom is 0.126 e. The largest absolute Gasteiger partial charge is 0.207 e. The predicted molar refractivity (Wildman–Crippen MR) is 167 cm³/mol. The van der Waals surface area contributed by atoms with E-state index in [0.29, 0.717) is 0 Å². The first-order chi connectivity index (χ1) is 19.1. The lowest BCUT2D eigenvalue weighted by Gasteiger charge is -2.17. The standard InChI is InChI=1S/C38H44F2/c1-24-21-31(15-16-33(24)34-17-19-36(39)29(6)27(34)4)13-11-9-8-10-12-14-32-22-25(2)38(26(3)23-32)35-18-20-37(40)30(7)28(35)5/h15-23H,8-14H2,1-7H3. The van der Waals surface area contributed by atoms with Gasteiger partial charge in [-0.3, -0.25) is 0 Å². The van der Waals surface area contributed by atoms with Crippen LogP contribution in [-0.2, 0) is 12.8 Å². The lowest BCUT2D eigenvalue weighted by Crippen LogP contribution is -1.97. The Kier molecular flexibility index (Phi) is 9.61. The van der Waals surface area contributed by atoms with E-state index in [2.05, 4.69) is 51.1 Å². The molecule has 4 aromatic carbocycles. The highest BCUT2D eigenvalue weighted by molar-refractivity contribution is 5.75. The first-order valence-corrected chi connectivity index (χ1v) is 14.8. The van der Waals surface area contributed by atoms with Gasteiger partial charge in [-0.1, -0.05) is 61.7 Å². The molecule has 0 aliphatic rings. The summed E-state index contributed by atoms with van der Waals surface area (Å²) in [6.07, 6.45) is 8.37. The summed E-state index contributed by atoms with van der Waals surface area (Å²) >= 11 is 0. The summed E-state index contributed by atoms with van der Waals surface area (Å²) in [5, 5.41) is 0. The van der Waals surface area contributed by atoms with Crippen molar-refractivity contribution in [2.24, 2.45) is 0 Å². The number of hydrogen-bond acceptors (Lipinski definition) is 0. The first-order valence-electron chi connectivity index (χ1n) is 14.8. The van der Waals surface area contributed by atoms with Crippen LogP contribution in [0.25, 0.3) is 22.3 Å². The molecular weight excluding hydrogens is 494 g/mol. The molecule has 0 heterocycles.